The second kappa shape index (κ2) is 19.3. The smallest absolute Gasteiger partial charge is 0.681 e. The molecule has 2 unspecified atom stereocenters. The monoisotopic (exact) mass is 648 g/mol. The van der Waals surface area contributed by atoms with Crippen LogP contribution < -0.4 is 0 Å². The van der Waals surface area contributed by atoms with Gasteiger partial charge in [0.2, 0.25) is 0 Å². The second-order valence-corrected chi connectivity index (χ2v) is 16.0. The maximum atomic E-state index is 5.62. The Hall–Kier alpha value is -1.45. The average molecular weight is 649 g/mol. The first kappa shape index (κ1) is 42.5. The molecule has 44 heavy (non-hydrogen) atoms. The molecule has 0 heterocycles. The van der Waals surface area contributed by atoms with Crippen molar-refractivity contribution in [2.24, 2.45) is 10.8 Å². The topological polar surface area (TPSA) is 28.2 Å². The Morgan fingerprint density at radius 2 is 0.864 bits per heavy atom. The van der Waals surface area contributed by atoms with Crippen molar-refractivity contribution in [2.75, 3.05) is 0 Å². The van der Waals surface area contributed by atoms with Gasteiger partial charge >= 0.3 is 16.8 Å². The van der Waals surface area contributed by atoms with Gasteiger partial charge in [-0.1, -0.05) is 199 Å². The SMILES string of the molecule is CC(C)c1cccc(C(C)C)c1[N-]C(CC([N-]c1c(C(C)C)cccc1C(C)C)C(C)(C)C)C(C)(C)C.[CH2-]CCCCC.[Co+3]. The molecule has 2 atom stereocenters. The Kier molecular flexibility index (Phi) is 18.6. The number of hydrogen-bond acceptors (Lipinski definition) is 0. The zero-order valence-electron chi connectivity index (χ0n) is 31.4. The number of para-hydroxylation sites is 2. The molecule has 252 valence electrons. The molecule has 0 saturated heterocycles. The van der Waals surface area contributed by atoms with Gasteiger partial charge in [-0.05, 0) is 23.7 Å². The number of benzene rings is 2. The maximum Gasteiger partial charge on any atom is 3.00 e. The number of hydrogen-bond donors (Lipinski definition) is 0. The molecule has 0 saturated carbocycles. The van der Waals surface area contributed by atoms with Crippen LogP contribution in [0.25, 0.3) is 10.6 Å². The summed E-state index contributed by atoms with van der Waals surface area (Å²) in [5.74, 6) is 1.75. The molecule has 0 aliphatic rings. The Bertz CT molecular complexity index is 931. The molecule has 2 nitrogen and oxygen atoms in total. The van der Waals surface area contributed by atoms with E-state index in [9.17, 15) is 0 Å². The van der Waals surface area contributed by atoms with Gasteiger partial charge in [0.1, 0.15) is 0 Å². The van der Waals surface area contributed by atoms with Gasteiger partial charge in [-0.2, -0.15) is 6.42 Å². The minimum absolute atomic E-state index is 0. The van der Waals surface area contributed by atoms with E-state index in [1.807, 2.05) is 0 Å². The van der Waals surface area contributed by atoms with Crippen LogP contribution in [0.15, 0.2) is 36.4 Å². The molecule has 0 amide bonds. The van der Waals surface area contributed by atoms with Gasteiger partial charge in [0.15, 0.2) is 0 Å². The fourth-order valence-electron chi connectivity index (χ4n) is 5.47. The molecule has 0 spiro atoms. The van der Waals surface area contributed by atoms with Crippen LogP contribution in [0.4, 0.5) is 11.4 Å². The minimum atomic E-state index is 0. The predicted molar refractivity (Wildman–Crippen MR) is 196 cm³/mol. The summed E-state index contributed by atoms with van der Waals surface area (Å²) >= 11 is 0. The quantitative estimate of drug-likeness (QED) is 0.153. The summed E-state index contributed by atoms with van der Waals surface area (Å²) < 4.78 is 0. The molecule has 0 radical (unpaired) electrons. The number of unbranched alkanes of at least 4 members (excludes halogenated alkanes) is 3. The first-order chi connectivity index (χ1) is 19.9. The summed E-state index contributed by atoms with van der Waals surface area (Å²) in [5, 5.41) is 11.2. The van der Waals surface area contributed by atoms with Gasteiger partial charge in [0, 0.05) is 0 Å². The molecule has 3 heteroatoms. The molecule has 0 aromatic heterocycles. The van der Waals surface area contributed by atoms with E-state index in [1.165, 1.54) is 52.9 Å². The van der Waals surface area contributed by atoms with Crippen LogP contribution in [0.2, 0.25) is 0 Å². The first-order valence-corrected chi connectivity index (χ1v) is 17.3. The Morgan fingerprint density at radius 1 is 0.568 bits per heavy atom. The van der Waals surface area contributed by atoms with E-state index < -0.39 is 0 Å². The van der Waals surface area contributed by atoms with Crippen molar-refractivity contribution >= 4 is 11.4 Å². The normalized spacial score (nSPS) is 13.5. The largest absolute Gasteiger partial charge is 3.00 e. The van der Waals surface area contributed by atoms with E-state index in [1.54, 1.807) is 0 Å². The van der Waals surface area contributed by atoms with Crippen LogP contribution in [0.5, 0.6) is 0 Å². The molecule has 0 aliphatic carbocycles. The van der Waals surface area contributed by atoms with Crippen molar-refractivity contribution < 1.29 is 16.8 Å². The fraction of sp³-hybridized carbons (Fsp3) is 0.683. The van der Waals surface area contributed by atoms with Gasteiger partial charge in [-0.25, -0.2) is 0 Å². The molecular weight excluding hydrogens is 579 g/mol. The molecule has 2 aromatic carbocycles. The standard InChI is InChI=1S/C35H56N2.C6H13.Co/c1-22(2)26-17-15-18-27(23(3)4)32(26)36-30(34(9,10)11)21-31(35(12,13)14)37-33-28(24(5)6)19-16-20-29(33)25(7)8;1-3-5-6-4-2;/h15-20,22-25,30-31H,21H2,1-14H3;1,3-6H2,2H3;/q-2;-1;+3. The van der Waals surface area contributed by atoms with Crippen molar-refractivity contribution in [3.63, 3.8) is 0 Å². The van der Waals surface area contributed by atoms with Crippen molar-refractivity contribution in [3.8, 4) is 0 Å². The zero-order chi connectivity index (χ0) is 33.1. The number of rotatable bonds is 13. The average Bonchev–Trinajstić information content (AvgIpc) is 2.89. The Morgan fingerprint density at radius 3 is 1.05 bits per heavy atom. The minimum Gasteiger partial charge on any atom is -0.681 e. The van der Waals surface area contributed by atoms with E-state index in [-0.39, 0.29) is 39.7 Å². The van der Waals surface area contributed by atoms with E-state index >= 15 is 0 Å². The molecule has 0 N–H and O–H groups in total. The third-order valence-corrected chi connectivity index (χ3v) is 8.55. The van der Waals surface area contributed by atoms with E-state index in [4.69, 9.17) is 10.6 Å². The third-order valence-electron chi connectivity index (χ3n) is 8.55. The van der Waals surface area contributed by atoms with E-state index in [0.29, 0.717) is 23.7 Å². The summed E-state index contributed by atoms with van der Waals surface area (Å²) in [4.78, 5) is 0. The van der Waals surface area contributed by atoms with Crippen LogP contribution in [-0.2, 0) is 16.8 Å². The molecule has 2 rings (SSSR count). The summed E-state index contributed by atoms with van der Waals surface area (Å²) in [6.45, 7) is 38.3. The predicted octanol–water partition coefficient (Wildman–Crippen LogP) is 14.5. The van der Waals surface area contributed by atoms with E-state index in [2.05, 4.69) is 147 Å². The maximum absolute atomic E-state index is 5.62. The molecule has 0 aliphatic heterocycles. The van der Waals surface area contributed by atoms with Gasteiger partial charge in [0.25, 0.3) is 0 Å². The summed E-state index contributed by atoms with van der Waals surface area (Å²) in [7, 11) is 0. The molecular formula is C41H69CoN2. The third kappa shape index (κ3) is 13.1. The van der Waals surface area contributed by atoms with Crippen LogP contribution in [0.3, 0.4) is 0 Å². The van der Waals surface area contributed by atoms with Gasteiger partial charge in [-0.3, -0.25) is 0 Å². The Balaban J connectivity index is 0.00000239. The fourth-order valence-corrected chi connectivity index (χ4v) is 5.47. The van der Waals surface area contributed by atoms with Crippen LogP contribution in [0.1, 0.15) is 182 Å². The van der Waals surface area contributed by atoms with E-state index in [0.717, 1.165) is 12.8 Å². The summed E-state index contributed by atoms with van der Waals surface area (Å²) in [6.07, 6.45) is 6.00. The van der Waals surface area contributed by atoms with Crippen LogP contribution in [0, 0.1) is 17.8 Å². The van der Waals surface area contributed by atoms with Gasteiger partial charge in [-0.15, -0.1) is 23.5 Å². The van der Waals surface area contributed by atoms with Crippen LogP contribution in [-0.4, -0.2) is 12.1 Å². The van der Waals surface area contributed by atoms with Crippen molar-refractivity contribution in [1.29, 1.82) is 0 Å². The summed E-state index contributed by atoms with van der Waals surface area (Å²) in [5.41, 5.74) is 7.91. The van der Waals surface area contributed by atoms with Gasteiger partial charge in [0.05, 0.1) is 0 Å². The molecule has 2 aromatic rings. The molecule has 0 fully saturated rings. The summed E-state index contributed by atoms with van der Waals surface area (Å²) in [6, 6.07) is 13.8. The second-order valence-electron chi connectivity index (χ2n) is 16.0. The van der Waals surface area contributed by atoms with Gasteiger partial charge < -0.3 is 17.6 Å². The van der Waals surface area contributed by atoms with Crippen molar-refractivity contribution in [2.45, 2.75) is 172 Å². The van der Waals surface area contributed by atoms with Crippen molar-refractivity contribution in [3.05, 3.63) is 76.2 Å². The molecule has 0 bridgehead atoms. The van der Waals surface area contributed by atoms with Crippen LogP contribution >= 0.6 is 0 Å². The number of nitrogens with zero attached hydrogens (tertiary/aromatic N) is 2. The van der Waals surface area contributed by atoms with Crippen molar-refractivity contribution in [1.82, 2.24) is 0 Å². The Labute approximate surface area is 285 Å². The zero-order valence-corrected chi connectivity index (χ0v) is 32.4. The first-order valence-electron chi connectivity index (χ1n) is 17.3.